The molecule has 0 saturated carbocycles. The van der Waals surface area contributed by atoms with E-state index in [2.05, 4.69) is 9.97 Å². The Bertz CT molecular complexity index is 774. The number of nitrogens with one attached hydrogen (secondary N) is 1. The number of aromatic amines is 1. The summed E-state index contributed by atoms with van der Waals surface area (Å²) >= 11 is 6.00. The SMILES string of the molecule is Cc1cccc(C)c1O[C@H](C)c1nc2ccc(Cl)cc2[nH]1. The zero-order chi connectivity index (χ0) is 15.0. The Balaban J connectivity index is 1.91. The second-order valence-electron chi connectivity index (χ2n) is 5.26. The van der Waals surface area contributed by atoms with Crippen LogP contribution in [0.3, 0.4) is 0 Å². The van der Waals surface area contributed by atoms with Gasteiger partial charge in [-0.25, -0.2) is 4.98 Å². The van der Waals surface area contributed by atoms with Gasteiger partial charge >= 0.3 is 0 Å². The van der Waals surface area contributed by atoms with Crippen LogP contribution in [0.2, 0.25) is 5.02 Å². The molecule has 1 atom stereocenters. The maximum atomic E-state index is 6.10. The summed E-state index contributed by atoms with van der Waals surface area (Å²) in [6.07, 6.45) is -0.157. The first-order valence-electron chi connectivity index (χ1n) is 6.92. The maximum Gasteiger partial charge on any atom is 0.153 e. The van der Waals surface area contributed by atoms with Gasteiger partial charge < -0.3 is 9.72 Å². The van der Waals surface area contributed by atoms with E-state index in [1.165, 1.54) is 0 Å². The van der Waals surface area contributed by atoms with Crippen LogP contribution in [0.5, 0.6) is 5.75 Å². The van der Waals surface area contributed by atoms with Crippen LogP contribution in [0.15, 0.2) is 36.4 Å². The number of nitrogens with zero attached hydrogens (tertiary/aromatic N) is 1. The molecule has 0 spiro atoms. The van der Waals surface area contributed by atoms with Gasteiger partial charge in [-0.1, -0.05) is 29.8 Å². The van der Waals surface area contributed by atoms with E-state index in [9.17, 15) is 0 Å². The first kappa shape index (κ1) is 14.0. The molecule has 1 aromatic heterocycles. The second kappa shape index (κ2) is 5.41. The number of hydrogen-bond acceptors (Lipinski definition) is 2. The molecule has 0 unspecified atom stereocenters. The molecule has 1 N–H and O–H groups in total. The van der Waals surface area contributed by atoms with E-state index in [-0.39, 0.29) is 6.10 Å². The highest BCUT2D eigenvalue weighted by molar-refractivity contribution is 6.31. The van der Waals surface area contributed by atoms with E-state index in [0.29, 0.717) is 5.02 Å². The Morgan fingerprint density at radius 1 is 1.14 bits per heavy atom. The standard InChI is InChI=1S/C17H17ClN2O/c1-10-5-4-6-11(2)16(10)21-12(3)17-19-14-8-7-13(18)9-15(14)20-17/h4-9,12H,1-3H3,(H,19,20)/t12-/m1/s1. The number of ether oxygens (including phenoxy) is 1. The van der Waals surface area contributed by atoms with Crippen molar-refractivity contribution in [3.05, 3.63) is 58.4 Å². The third-order valence-corrected chi connectivity index (χ3v) is 3.79. The van der Waals surface area contributed by atoms with Crippen LogP contribution >= 0.6 is 11.6 Å². The molecule has 0 aliphatic carbocycles. The first-order valence-corrected chi connectivity index (χ1v) is 7.30. The molecule has 4 heteroatoms. The number of hydrogen-bond donors (Lipinski definition) is 1. The van der Waals surface area contributed by atoms with Crippen molar-refractivity contribution in [1.29, 1.82) is 0 Å². The Kier molecular flexibility index (Phi) is 3.60. The quantitative estimate of drug-likeness (QED) is 0.741. The van der Waals surface area contributed by atoms with Crippen molar-refractivity contribution in [2.75, 3.05) is 0 Å². The number of rotatable bonds is 3. The fourth-order valence-electron chi connectivity index (χ4n) is 2.41. The smallest absolute Gasteiger partial charge is 0.153 e. The molecular formula is C17H17ClN2O. The molecule has 0 aliphatic rings. The van der Waals surface area contributed by atoms with Crippen molar-refractivity contribution < 1.29 is 4.74 Å². The second-order valence-corrected chi connectivity index (χ2v) is 5.70. The largest absolute Gasteiger partial charge is 0.482 e. The molecule has 3 nitrogen and oxygen atoms in total. The number of fused-ring (bicyclic) bond motifs is 1. The molecule has 1 heterocycles. The minimum absolute atomic E-state index is 0.157. The highest BCUT2D eigenvalue weighted by Gasteiger charge is 2.15. The number of imidazole rings is 1. The lowest BCUT2D eigenvalue weighted by atomic mass is 10.1. The van der Waals surface area contributed by atoms with Crippen molar-refractivity contribution in [3.8, 4) is 5.75 Å². The van der Waals surface area contributed by atoms with E-state index in [4.69, 9.17) is 16.3 Å². The highest BCUT2D eigenvalue weighted by atomic mass is 35.5. The van der Waals surface area contributed by atoms with Gasteiger partial charge in [-0.15, -0.1) is 0 Å². The highest BCUT2D eigenvalue weighted by Crippen LogP contribution is 2.28. The van der Waals surface area contributed by atoms with Gasteiger partial charge in [0.05, 0.1) is 11.0 Å². The van der Waals surface area contributed by atoms with Crippen LogP contribution in [0, 0.1) is 13.8 Å². The normalized spacial score (nSPS) is 12.6. The van der Waals surface area contributed by atoms with Gasteiger partial charge in [0.1, 0.15) is 11.6 Å². The molecule has 0 fully saturated rings. The van der Waals surface area contributed by atoms with Gasteiger partial charge in [0.2, 0.25) is 0 Å². The molecular weight excluding hydrogens is 284 g/mol. The average Bonchev–Trinajstić information content (AvgIpc) is 2.86. The summed E-state index contributed by atoms with van der Waals surface area (Å²) in [6, 6.07) is 11.8. The van der Waals surface area contributed by atoms with E-state index < -0.39 is 0 Å². The number of H-pyrrole nitrogens is 1. The molecule has 108 valence electrons. The van der Waals surface area contributed by atoms with E-state index in [1.807, 2.05) is 57.2 Å². The minimum atomic E-state index is -0.157. The van der Waals surface area contributed by atoms with Crippen LogP contribution in [-0.4, -0.2) is 9.97 Å². The number of halogens is 1. The summed E-state index contributed by atoms with van der Waals surface area (Å²) in [7, 11) is 0. The van der Waals surface area contributed by atoms with E-state index in [0.717, 1.165) is 33.7 Å². The zero-order valence-electron chi connectivity index (χ0n) is 12.3. The summed E-state index contributed by atoms with van der Waals surface area (Å²) < 4.78 is 6.10. The van der Waals surface area contributed by atoms with E-state index >= 15 is 0 Å². The van der Waals surface area contributed by atoms with Crippen LogP contribution in [0.25, 0.3) is 11.0 Å². The Hall–Kier alpha value is -2.00. The zero-order valence-corrected chi connectivity index (χ0v) is 13.0. The molecule has 0 aliphatic heterocycles. The lowest BCUT2D eigenvalue weighted by molar-refractivity contribution is 0.215. The summed E-state index contributed by atoms with van der Waals surface area (Å²) in [5, 5.41) is 0.695. The predicted octanol–water partition coefficient (Wildman–Crippen LogP) is 4.97. The maximum absolute atomic E-state index is 6.10. The van der Waals surface area contributed by atoms with Gasteiger partial charge in [-0.3, -0.25) is 0 Å². The summed E-state index contributed by atoms with van der Waals surface area (Å²) in [5.74, 6) is 1.72. The molecule has 0 saturated heterocycles. The van der Waals surface area contributed by atoms with Crippen LogP contribution in [0.1, 0.15) is 30.0 Å². The van der Waals surface area contributed by atoms with Crippen molar-refractivity contribution in [2.24, 2.45) is 0 Å². The van der Waals surface area contributed by atoms with E-state index in [1.54, 1.807) is 0 Å². The molecule has 2 aromatic carbocycles. The third kappa shape index (κ3) is 2.74. The van der Waals surface area contributed by atoms with Crippen molar-refractivity contribution in [1.82, 2.24) is 9.97 Å². The number of para-hydroxylation sites is 1. The molecule has 21 heavy (non-hydrogen) atoms. The van der Waals surface area contributed by atoms with Gasteiger partial charge in [0.15, 0.2) is 6.10 Å². The fraction of sp³-hybridized carbons (Fsp3) is 0.235. The lowest BCUT2D eigenvalue weighted by Crippen LogP contribution is -2.07. The monoisotopic (exact) mass is 300 g/mol. The number of benzene rings is 2. The van der Waals surface area contributed by atoms with Gasteiger partial charge in [-0.2, -0.15) is 0 Å². The predicted molar refractivity (Wildman–Crippen MR) is 86.1 cm³/mol. The molecule has 0 amide bonds. The molecule has 3 aromatic rings. The Morgan fingerprint density at radius 3 is 2.57 bits per heavy atom. The van der Waals surface area contributed by atoms with Crippen molar-refractivity contribution in [3.63, 3.8) is 0 Å². The van der Waals surface area contributed by atoms with Gasteiger partial charge in [-0.05, 0) is 50.1 Å². The summed E-state index contributed by atoms with van der Waals surface area (Å²) in [4.78, 5) is 7.84. The topological polar surface area (TPSA) is 37.9 Å². The van der Waals surface area contributed by atoms with Gasteiger partial charge in [0, 0.05) is 5.02 Å². The minimum Gasteiger partial charge on any atom is -0.482 e. The number of aryl methyl sites for hydroxylation is 2. The van der Waals surface area contributed by atoms with Gasteiger partial charge in [0.25, 0.3) is 0 Å². The average molecular weight is 301 g/mol. The Labute approximate surface area is 128 Å². The molecule has 0 radical (unpaired) electrons. The molecule has 0 bridgehead atoms. The van der Waals surface area contributed by atoms with Crippen LogP contribution in [-0.2, 0) is 0 Å². The van der Waals surface area contributed by atoms with Crippen LogP contribution in [0.4, 0.5) is 0 Å². The van der Waals surface area contributed by atoms with Crippen molar-refractivity contribution in [2.45, 2.75) is 26.9 Å². The number of aromatic nitrogens is 2. The fourth-order valence-corrected chi connectivity index (χ4v) is 2.58. The van der Waals surface area contributed by atoms with Crippen LogP contribution < -0.4 is 4.74 Å². The Morgan fingerprint density at radius 2 is 1.86 bits per heavy atom. The summed E-state index contributed by atoms with van der Waals surface area (Å²) in [6.45, 7) is 6.09. The third-order valence-electron chi connectivity index (χ3n) is 3.55. The first-order chi connectivity index (χ1) is 10.0. The lowest BCUT2D eigenvalue weighted by Gasteiger charge is -2.16. The summed E-state index contributed by atoms with van der Waals surface area (Å²) in [5.41, 5.74) is 4.07. The molecule has 3 rings (SSSR count). The van der Waals surface area contributed by atoms with Crippen molar-refractivity contribution >= 4 is 22.6 Å².